The summed E-state index contributed by atoms with van der Waals surface area (Å²) < 4.78 is 40.5. The molecule has 1 aliphatic rings. The number of piperidine rings is 1. The molecule has 0 unspecified atom stereocenters. The zero-order valence-corrected chi connectivity index (χ0v) is 13.7. The van der Waals surface area contributed by atoms with Gasteiger partial charge in [0.2, 0.25) is 10.0 Å². The van der Waals surface area contributed by atoms with Gasteiger partial charge in [0.15, 0.2) is 0 Å². The Hall–Kier alpha value is -0.110. The monoisotopic (exact) mass is 367 g/mol. The predicted molar refractivity (Wildman–Crippen MR) is 79.4 cm³/mol. The molecule has 0 amide bonds. The lowest BCUT2D eigenvalue weighted by Gasteiger charge is -2.30. The van der Waals surface area contributed by atoms with Crippen LogP contribution in [-0.4, -0.2) is 37.3 Å². The third kappa shape index (κ3) is 3.32. The van der Waals surface area contributed by atoms with Crippen molar-refractivity contribution in [3.05, 3.63) is 28.5 Å². The summed E-state index contributed by atoms with van der Waals surface area (Å²) in [7, 11) is -3.71. The van der Waals surface area contributed by atoms with Crippen molar-refractivity contribution in [1.29, 1.82) is 0 Å². The summed E-state index contributed by atoms with van der Waals surface area (Å²) in [5.74, 6) is -0.707. The number of hydrogen-bond donors (Lipinski definition) is 0. The lowest BCUT2D eigenvalue weighted by Crippen LogP contribution is -2.39. The second-order valence-corrected chi connectivity index (χ2v) is 8.37. The zero-order chi connectivity index (χ0) is 14.0. The molecule has 0 aliphatic carbocycles. The second-order valence-electron chi connectivity index (χ2n) is 4.41. The fourth-order valence-electron chi connectivity index (χ4n) is 2.13. The summed E-state index contributed by atoms with van der Waals surface area (Å²) in [6.07, 6.45) is 3.67. The SMILES string of the molecule is CSC1CCN(S(=O)(=O)c2ccc(Br)cc2F)CC1. The van der Waals surface area contributed by atoms with Crippen LogP contribution in [0.2, 0.25) is 0 Å². The van der Waals surface area contributed by atoms with Crippen LogP contribution < -0.4 is 0 Å². The second kappa shape index (κ2) is 6.11. The van der Waals surface area contributed by atoms with Crippen molar-refractivity contribution in [3.63, 3.8) is 0 Å². The van der Waals surface area contributed by atoms with E-state index in [1.807, 2.05) is 6.26 Å². The first kappa shape index (κ1) is 15.3. The van der Waals surface area contributed by atoms with Crippen LogP contribution in [0, 0.1) is 5.82 Å². The van der Waals surface area contributed by atoms with Crippen LogP contribution in [-0.2, 0) is 10.0 Å². The van der Waals surface area contributed by atoms with Gasteiger partial charge in [-0.05, 0) is 37.3 Å². The van der Waals surface area contributed by atoms with Crippen LogP contribution in [0.25, 0.3) is 0 Å². The van der Waals surface area contributed by atoms with Crippen LogP contribution >= 0.6 is 27.7 Å². The molecule has 0 bridgehead atoms. The Labute approximate surface area is 125 Å². The predicted octanol–water partition coefficient (Wildman–Crippen LogP) is 3.10. The molecule has 1 aliphatic heterocycles. The third-order valence-electron chi connectivity index (χ3n) is 3.25. The van der Waals surface area contributed by atoms with Crippen LogP contribution in [0.1, 0.15) is 12.8 Å². The first-order valence-corrected chi connectivity index (χ1v) is 9.45. The average molecular weight is 368 g/mol. The highest BCUT2D eigenvalue weighted by molar-refractivity contribution is 9.10. The molecule has 7 heteroatoms. The summed E-state index contributed by atoms with van der Waals surface area (Å²) in [5, 5.41) is 0.501. The maximum Gasteiger partial charge on any atom is 0.245 e. The Morgan fingerprint density at radius 1 is 1.37 bits per heavy atom. The average Bonchev–Trinajstić information content (AvgIpc) is 2.38. The molecular formula is C12H15BrFNO2S2. The van der Waals surface area contributed by atoms with Crippen molar-refractivity contribution in [1.82, 2.24) is 4.31 Å². The standard InChI is InChI=1S/C12H15BrFNO2S2/c1-18-10-4-6-15(7-5-10)19(16,17)12-3-2-9(13)8-11(12)14/h2-3,8,10H,4-7H2,1H3. The van der Waals surface area contributed by atoms with Gasteiger partial charge in [-0.25, -0.2) is 12.8 Å². The molecule has 0 N–H and O–H groups in total. The topological polar surface area (TPSA) is 37.4 Å². The highest BCUT2D eigenvalue weighted by Crippen LogP contribution is 2.27. The van der Waals surface area contributed by atoms with Gasteiger partial charge >= 0.3 is 0 Å². The van der Waals surface area contributed by atoms with Crippen molar-refractivity contribution in [2.75, 3.05) is 19.3 Å². The summed E-state index contributed by atoms with van der Waals surface area (Å²) in [6, 6.07) is 4.04. The molecule has 1 saturated heterocycles. The molecule has 0 saturated carbocycles. The maximum absolute atomic E-state index is 13.8. The largest absolute Gasteiger partial charge is 0.245 e. The first-order chi connectivity index (χ1) is 8.95. The zero-order valence-electron chi connectivity index (χ0n) is 10.5. The molecule has 1 fully saturated rings. The summed E-state index contributed by atoms with van der Waals surface area (Å²) in [5.41, 5.74) is 0. The minimum Gasteiger partial charge on any atom is -0.207 e. The van der Waals surface area contributed by atoms with E-state index in [-0.39, 0.29) is 4.90 Å². The van der Waals surface area contributed by atoms with Gasteiger partial charge in [-0.3, -0.25) is 0 Å². The molecule has 0 radical (unpaired) electrons. The molecule has 0 spiro atoms. The van der Waals surface area contributed by atoms with Crippen molar-refractivity contribution in [2.24, 2.45) is 0 Å². The fourth-order valence-corrected chi connectivity index (χ4v) is 4.66. The minimum absolute atomic E-state index is 0.238. The Bertz CT molecular complexity index is 557. The number of nitrogens with zero attached hydrogens (tertiary/aromatic N) is 1. The van der Waals surface area contributed by atoms with Crippen molar-refractivity contribution in [2.45, 2.75) is 23.0 Å². The van der Waals surface area contributed by atoms with Crippen LogP contribution in [0.3, 0.4) is 0 Å². The Kier molecular flexibility index (Phi) is 4.92. The van der Waals surface area contributed by atoms with Crippen LogP contribution in [0.5, 0.6) is 0 Å². The van der Waals surface area contributed by atoms with E-state index >= 15 is 0 Å². The number of halogens is 2. The summed E-state index contributed by atoms with van der Waals surface area (Å²) in [4.78, 5) is -0.238. The van der Waals surface area contributed by atoms with E-state index in [4.69, 9.17) is 0 Å². The van der Waals surface area contributed by atoms with E-state index in [9.17, 15) is 12.8 Å². The molecule has 0 aromatic heterocycles. The third-order valence-corrected chi connectivity index (χ3v) is 6.81. The van der Waals surface area contributed by atoms with Gasteiger partial charge in [0.1, 0.15) is 10.7 Å². The molecule has 1 aromatic carbocycles. The lowest BCUT2D eigenvalue weighted by molar-refractivity contribution is 0.351. The van der Waals surface area contributed by atoms with E-state index in [1.54, 1.807) is 17.8 Å². The van der Waals surface area contributed by atoms with Crippen molar-refractivity contribution >= 4 is 37.7 Å². The number of benzene rings is 1. The Balaban J connectivity index is 2.23. The summed E-state index contributed by atoms with van der Waals surface area (Å²) >= 11 is 4.88. The van der Waals surface area contributed by atoms with E-state index in [0.717, 1.165) is 12.8 Å². The van der Waals surface area contributed by atoms with E-state index in [2.05, 4.69) is 15.9 Å². The minimum atomic E-state index is -3.71. The Morgan fingerprint density at radius 3 is 2.53 bits per heavy atom. The molecule has 3 nitrogen and oxygen atoms in total. The molecule has 19 heavy (non-hydrogen) atoms. The molecule has 0 atom stereocenters. The van der Waals surface area contributed by atoms with Crippen molar-refractivity contribution < 1.29 is 12.8 Å². The van der Waals surface area contributed by atoms with Gasteiger partial charge in [0.25, 0.3) is 0 Å². The highest BCUT2D eigenvalue weighted by Gasteiger charge is 2.31. The number of sulfonamides is 1. The van der Waals surface area contributed by atoms with Gasteiger partial charge in [-0.1, -0.05) is 15.9 Å². The fraction of sp³-hybridized carbons (Fsp3) is 0.500. The normalized spacial score (nSPS) is 18.7. The molecule has 1 heterocycles. The molecule has 106 valence electrons. The van der Waals surface area contributed by atoms with E-state index < -0.39 is 15.8 Å². The van der Waals surface area contributed by atoms with Gasteiger partial charge in [0.05, 0.1) is 0 Å². The van der Waals surface area contributed by atoms with Crippen LogP contribution in [0.15, 0.2) is 27.6 Å². The van der Waals surface area contributed by atoms with E-state index in [1.165, 1.54) is 16.4 Å². The summed E-state index contributed by atoms with van der Waals surface area (Å²) in [6.45, 7) is 0.923. The number of hydrogen-bond acceptors (Lipinski definition) is 3. The smallest absolute Gasteiger partial charge is 0.207 e. The first-order valence-electron chi connectivity index (χ1n) is 5.93. The van der Waals surface area contributed by atoms with Gasteiger partial charge in [-0.15, -0.1) is 0 Å². The molecule has 2 rings (SSSR count). The number of thioether (sulfide) groups is 1. The molecule has 1 aromatic rings. The van der Waals surface area contributed by atoms with Gasteiger partial charge in [0, 0.05) is 22.8 Å². The van der Waals surface area contributed by atoms with Crippen LogP contribution in [0.4, 0.5) is 4.39 Å². The quantitative estimate of drug-likeness (QED) is 0.823. The lowest BCUT2D eigenvalue weighted by atomic mass is 10.2. The maximum atomic E-state index is 13.8. The van der Waals surface area contributed by atoms with Gasteiger partial charge < -0.3 is 0 Å². The Morgan fingerprint density at radius 2 is 2.00 bits per heavy atom. The number of rotatable bonds is 3. The van der Waals surface area contributed by atoms with Crippen molar-refractivity contribution in [3.8, 4) is 0 Å². The van der Waals surface area contributed by atoms with Gasteiger partial charge in [-0.2, -0.15) is 16.1 Å². The molecular weight excluding hydrogens is 353 g/mol. The highest BCUT2D eigenvalue weighted by atomic mass is 79.9. The van der Waals surface area contributed by atoms with E-state index in [0.29, 0.717) is 22.8 Å².